The van der Waals surface area contributed by atoms with Crippen LogP contribution in [0.25, 0.3) is 0 Å². The van der Waals surface area contributed by atoms with Crippen molar-refractivity contribution in [3.05, 3.63) is 0 Å². The predicted octanol–water partition coefficient (Wildman–Crippen LogP) is 1.82. The number of Topliss-reactive ketones (excluding diaryl/α,β-unsaturated/α-hetero) is 1. The standard InChI is InChI=1S/C13H26N2O/c1-4-5-6-7-12(16)13(2,3)15-10-8-14-9-11-15/h14H,4-11H2,1-3H3. The van der Waals surface area contributed by atoms with Gasteiger partial charge in [0, 0.05) is 32.6 Å². The minimum absolute atomic E-state index is 0.268. The lowest BCUT2D eigenvalue weighted by molar-refractivity contribution is -0.130. The van der Waals surface area contributed by atoms with Crippen molar-refractivity contribution in [2.45, 2.75) is 52.0 Å². The van der Waals surface area contributed by atoms with Crippen molar-refractivity contribution in [2.24, 2.45) is 0 Å². The van der Waals surface area contributed by atoms with Crippen LogP contribution in [-0.2, 0) is 4.79 Å². The van der Waals surface area contributed by atoms with E-state index in [9.17, 15) is 4.79 Å². The van der Waals surface area contributed by atoms with Gasteiger partial charge in [-0.15, -0.1) is 0 Å². The van der Waals surface area contributed by atoms with Crippen LogP contribution in [0.1, 0.15) is 46.5 Å². The first-order chi connectivity index (χ1) is 7.59. The molecule has 0 radical (unpaired) electrons. The van der Waals surface area contributed by atoms with Crippen LogP contribution in [-0.4, -0.2) is 42.4 Å². The number of hydrogen-bond acceptors (Lipinski definition) is 3. The second-order valence-corrected chi connectivity index (χ2v) is 5.18. The highest BCUT2D eigenvalue weighted by Crippen LogP contribution is 2.19. The van der Waals surface area contributed by atoms with E-state index < -0.39 is 0 Å². The summed E-state index contributed by atoms with van der Waals surface area (Å²) in [6, 6.07) is 0. The topological polar surface area (TPSA) is 32.3 Å². The Bertz CT molecular complexity index is 220. The third-order valence-corrected chi connectivity index (χ3v) is 3.60. The van der Waals surface area contributed by atoms with Crippen molar-refractivity contribution in [1.82, 2.24) is 10.2 Å². The Morgan fingerprint density at radius 2 is 1.88 bits per heavy atom. The zero-order valence-corrected chi connectivity index (χ0v) is 11.0. The van der Waals surface area contributed by atoms with Crippen molar-refractivity contribution in [2.75, 3.05) is 26.2 Å². The van der Waals surface area contributed by atoms with Gasteiger partial charge in [-0.2, -0.15) is 0 Å². The molecular formula is C13H26N2O. The molecule has 1 aliphatic rings. The van der Waals surface area contributed by atoms with Gasteiger partial charge in [-0.1, -0.05) is 19.8 Å². The van der Waals surface area contributed by atoms with Gasteiger partial charge in [0.2, 0.25) is 0 Å². The van der Waals surface area contributed by atoms with Crippen LogP contribution in [0.3, 0.4) is 0 Å². The molecule has 0 aromatic rings. The smallest absolute Gasteiger partial charge is 0.152 e. The molecule has 16 heavy (non-hydrogen) atoms. The molecule has 1 fully saturated rings. The largest absolute Gasteiger partial charge is 0.314 e. The summed E-state index contributed by atoms with van der Waals surface area (Å²) in [6.45, 7) is 10.3. The normalized spacial score (nSPS) is 18.7. The molecule has 0 unspecified atom stereocenters. The summed E-state index contributed by atoms with van der Waals surface area (Å²) in [5.41, 5.74) is -0.268. The second kappa shape index (κ2) is 6.36. The molecule has 0 spiro atoms. The molecule has 0 bridgehead atoms. The van der Waals surface area contributed by atoms with Gasteiger partial charge in [0.15, 0.2) is 5.78 Å². The quantitative estimate of drug-likeness (QED) is 0.701. The van der Waals surface area contributed by atoms with Crippen LogP contribution in [0.4, 0.5) is 0 Å². The molecule has 1 rings (SSSR count). The van der Waals surface area contributed by atoms with Crippen LogP contribution in [0, 0.1) is 0 Å². The van der Waals surface area contributed by atoms with E-state index in [4.69, 9.17) is 0 Å². The maximum absolute atomic E-state index is 12.2. The zero-order chi connectivity index (χ0) is 12.0. The molecule has 1 saturated heterocycles. The lowest BCUT2D eigenvalue weighted by atomic mass is 9.92. The summed E-state index contributed by atoms with van der Waals surface area (Å²) in [4.78, 5) is 14.5. The van der Waals surface area contributed by atoms with E-state index in [0.717, 1.165) is 39.0 Å². The first-order valence-electron chi connectivity index (χ1n) is 6.58. The Balaban J connectivity index is 2.43. The van der Waals surface area contributed by atoms with Crippen molar-refractivity contribution in [3.63, 3.8) is 0 Å². The molecule has 1 heterocycles. The van der Waals surface area contributed by atoms with Gasteiger partial charge in [0.05, 0.1) is 5.54 Å². The summed E-state index contributed by atoms with van der Waals surface area (Å²) < 4.78 is 0. The van der Waals surface area contributed by atoms with E-state index in [1.54, 1.807) is 0 Å². The van der Waals surface area contributed by atoms with E-state index in [2.05, 4.69) is 31.0 Å². The third-order valence-electron chi connectivity index (χ3n) is 3.60. The number of carbonyl (C=O) groups is 1. The number of nitrogens with one attached hydrogen (secondary N) is 1. The molecule has 0 aromatic heterocycles. The molecule has 0 amide bonds. The van der Waals surface area contributed by atoms with Crippen molar-refractivity contribution >= 4 is 5.78 Å². The van der Waals surface area contributed by atoms with Crippen molar-refractivity contribution in [3.8, 4) is 0 Å². The molecule has 1 N–H and O–H groups in total. The van der Waals surface area contributed by atoms with E-state index in [1.807, 2.05) is 0 Å². The number of rotatable bonds is 6. The Morgan fingerprint density at radius 1 is 1.25 bits per heavy atom. The highest BCUT2D eigenvalue weighted by atomic mass is 16.1. The van der Waals surface area contributed by atoms with Gasteiger partial charge >= 0.3 is 0 Å². The van der Waals surface area contributed by atoms with E-state index in [-0.39, 0.29) is 5.54 Å². The van der Waals surface area contributed by atoms with Crippen LogP contribution < -0.4 is 5.32 Å². The highest BCUT2D eigenvalue weighted by molar-refractivity contribution is 5.87. The third kappa shape index (κ3) is 3.56. The van der Waals surface area contributed by atoms with Crippen molar-refractivity contribution < 1.29 is 4.79 Å². The van der Waals surface area contributed by atoms with Crippen LogP contribution in [0.5, 0.6) is 0 Å². The summed E-state index contributed by atoms with van der Waals surface area (Å²) in [7, 11) is 0. The average Bonchev–Trinajstić information content (AvgIpc) is 2.30. The van der Waals surface area contributed by atoms with Gasteiger partial charge < -0.3 is 5.32 Å². The van der Waals surface area contributed by atoms with Gasteiger partial charge in [-0.3, -0.25) is 9.69 Å². The Labute approximate surface area is 99.6 Å². The number of piperazine rings is 1. The molecule has 1 aliphatic heterocycles. The van der Waals surface area contributed by atoms with Gasteiger partial charge in [0.1, 0.15) is 0 Å². The fraction of sp³-hybridized carbons (Fsp3) is 0.923. The Morgan fingerprint density at radius 3 is 2.44 bits per heavy atom. The number of carbonyl (C=O) groups excluding carboxylic acids is 1. The Kier molecular flexibility index (Phi) is 5.42. The monoisotopic (exact) mass is 226 g/mol. The molecule has 3 heteroatoms. The lowest BCUT2D eigenvalue weighted by Gasteiger charge is -2.40. The van der Waals surface area contributed by atoms with Gasteiger partial charge in [-0.05, 0) is 20.3 Å². The molecule has 0 aromatic carbocycles. The number of nitrogens with zero attached hydrogens (tertiary/aromatic N) is 1. The van der Waals surface area contributed by atoms with Crippen molar-refractivity contribution in [1.29, 1.82) is 0 Å². The van der Waals surface area contributed by atoms with E-state index in [1.165, 1.54) is 12.8 Å². The van der Waals surface area contributed by atoms with Gasteiger partial charge in [0.25, 0.3) is 0 Å². The summed E-state index contributed by atoms with van der Waals surface area (Å²) in [6.07, 6.45) is 4.14. The van der Waals surface area contributed by atoms with Gasteiger partial charge in [-0.25, -0.2) is 0 Å². The van der Waals surface area contributed by atoms with Crippen LogP contribution in [0.15, 0.2) is 0 Å². The number of ketones is 1. The minimum atomic E-state index is -0.268. The zero-order valence-electron chi connectivity index (χ0n) is 11.0. The molecule has 0 saturated carbocycles. The maximum atomic E-state index is 12.2. The minimum Gasteiger partial charge on any atom is -0.314 e. The summed E-state index contributed by atoms with van der Waals surface area (Å²) in [5.74, 6) is 0.405. The molecule has 0 atom stereocenters. The SMILES string of the molecule is CCCCCC(=O)C(C)(C)N1CCNCC1. The van der Waals surface area contributed by atoms with E-state index >= 15 is 0 Å². The number of unbranched alkanes of at least 4 members (excludes halogenated alkanes) is 2. The first kappa shape index (κ1) is 13.7. The highest BCUT2D eigenvalue weighted by Gasteiger charge is 2.33. The first-order valence-corrected chi connectivity index (χ1v) is 6.58. The molecular weight excluding hydrogens is 200 g/mol. The van der Waals surface area contributed by atoms with Crippen LogP contribution >= 0.6 is 0 Å². The maximum Gasteiger partial charge on any atom is 0.152 e. The predicted molar refractivity (Wildman–Crippen MR) is 67.7 cm³/mol. The second-order valence-electron chi connectivity index (χ2n) is 5.18. The van der Waals surface area contributed by atoms with Crippen LogP contribution in [0.2, 0.25) is 0 Å². The Hall–Kier alpha value is -0.410. The lowest BCUT2D eigenvalue weighted by Crippen LogP contribution is -2.57. The molecule has 3 nitrogen and oxygen atoms in total. The van der Waals surface area contributed by atoms with E-state index in [0.29, 0.717) is 5.78 Å². The summed E-state index contributed by atoms with van der Waals surface area (Å²) in [5, 5.41) is 3.33. The average molecular weight is 226 g/mol. The fourth-order valence-electron chi connectivity index (χ4n) is 2.24. The molecule has 94 valence electrons. The number of hydrogen-bond donors (Lipinski definition) is 1. The fourth-order valence-corrected chi connectivity index (χ4v) is 2.24. The summed E-state index contributed by atoms with van der Waals surface area (Å²) >= 11 is 0. The molecule has 0 aliphatic carbocycles.